The van der Waals surface area contributed by atoms with E-state index in [2.05, 4.69) is 4.98 Å². The van der Waals surface area contributed by atoms with Crippen molar-refractivity contribution in [2.75, 3.05) is 6.61 Å². The summed E-state index contributed by atoms with van der Waals surface area (Å²) in [6, 6.07) is 8.32. The molecule has 0 aliphatic carbocycles. The number of Topliss-reactive ketones (excluding diaryl/α,β-unsaturated/α-hetero) is 2. The third-order valence-corrected chi connectivity index (χ3v) is 2.98. The Bertz CT molecular complexity index is 662. The van der Waals surface area contributed by atoms with Crippen LogP contribution in [0.15, 0.2) is 42.6 Å². The van der Waals surface area contributed by atoms with Gasteiger partial charge < -0.3 is 9.72 Å². The monoisotopic (exact) mass is 303 g/mol. The minimum Gasteiger partial charge on any atom is -0.457 e. The Kier molecular flexibility index (Phi) is 5.19. The number of hydrogen-bond acceptors (Lipinski definition) is 4. The molecule has 0 aliphatic rings. The third-order valence-electron chi connectivity index (χ3n) is 2.98. The van der Waals surface area contributed by atoms with Gasteiger partial charge in [0.1, 0.15) is 5.82 Å². The number of nitrogens with one attached hydrogen (secondary N) is 1. The topological polar surface area (TPSA) is 76.2 Å². The van der Waals surface area contributed by atoms with Gasteiger partial charge in [-0.15, -0.1) is 0 Å². The molecule has 0 aliphatic heterocycles. The highest BCUT2D eigenvalue weighted by atomic mass is 19.1. The van der Waals surface area contributed by atoms with Gasteiger partial charge in [-0.1, -0.05) is 0 Å². The maximum absolute atomic E-state index is 12.7. The van der Waals surface area contributed by atoms with E-state index in [0.717, 1.165) is 0 Å². The minimum atomic E-state index is -0.629. The summed E-state index contributed by atoms with van der Waals surface area (Å²) in [7, 11) is 0. The van der Waals surface area contributed by atoms with Crippen LogP contribution < -0.4 is 0 Å². The summed E-state index contributed by atoms with van der Waals surface area (Å²) in [4.78, 5) is 37.6. The maximum atomic E-state index is 12.7. The highest BCUT2D eigenvalue weighted by molar-refractivity contribution is 5.98. The fourth-order valence-electron chi connectivity index (χ4n) is 1.80. The summed E-state index contributed by atoms with van der Waals surface area (Å²) < 4.78 is 17.5. The number of benzene rings is 1. The van der Waals surface area contributed by atoms with E-state index in [0.29, 0.717) is 11.3 Å². The second-order valence-electron chi connectivity index (χ2n) is 4.60. The van der Waals surface area contributed by atoms with E-state index < -0.39 is 11.8 Å². The Morgan fingerprint density at radius 3 is 2.36 bits per heavy atom. The van der Waals surface area contributed by atoms with Gasteiger partial charge in [0, 0.05) is 18.2 Å². The molecular weight excluding hydrogens is 289 g/mol. The third kappa shape index (κ3) is 4.37. The number of halogens is 1. The van der Waals surface area contributed by atoms with Gasteiger partial charge in [-0.2, -0.15) is 0 Å². The van der Waals surface area contributed by atoms with Gasteiger partial charge >= 0.3 is 5.97 Å². The largest absolute Gasteiger partial charge is 0.457 e. The van der Waals surface area contributed by atoms with Crippen molar-refractivity contribution in [1.29, 1.82) is 0 Å². The first kappa shape index (κ1) is 15.6. The zero-order valence-electron chi connectivity index (χ0n) is 11.7. The summed E-state index contributed by atoms with van der Waals surface area (Å²) >= 11 is 0. The van der Waals surface area contributed by atoms with Gasteiger partial charge in [-0.05, 0) is 36.4 Å². The van der Waals surface area contributed by atoms with Gasteiger partial charge in [0.2, 0.25) is 5.78 Å². The van der Waals surface area contributed by atoms with Crippen molar-refractivity contribution in [2.45, 2.75) is 12.8 Å². The van der Waals surface area contributed by atoms with Crippen molar-refractivity contribution in [3.8, 4) is 0 Å². The van der Waals surface area contributed by atoms with Crippen LogP contribution in [0.3, 0.4) is 0 Å². The number of H-pyrrole nitrogens is 1. The van der Waals surface area contributed by atoms with Gasteiger partial charge in [0.25, 0.3) is 0 Å². The van der Waals surface area contributed by atoms with Gasteiger partial charge in [0.15, 0.2) is 12.4 Å². The van der Waals surface area contributed by atoms with Crippen molar-refractivity contribution in [3.05, 3.63) is 59.7 Å². The Balaban J connectivity index is 1.74. The molecule has 0 atom stereocenters. The van der Waals surface area contributed by atoms with E-state index in [1.807, 2.05) is 0 Å². The number of aromatic nitrogens is 1. The lowest BCUT2D eigenvalue weighted by Gasteiger charge is -2.03. The predicted octanol–water partition coefficient (Wildman–Crippen LogP) is 2.54. The number of hydrogen-bond donors (Lipinski definition) is 1. The molecule has 0 radical (unpaired) electrons. The number of esters is 1. The van der Waals surface area contributed by atoms with Gasteiger partial charge in [-0.3, -0.25) is 14.4 Å². The lowest BCUT2D eigenvalue weighted by molar-refractivity contribution is -0.142. The van der Waals surface area contributed by atoms with Crippen molar-refractivity contribution in [2.24, 2.45) is 0 Å². The average Bonchev–Trinajstić information content (AvgIpc) is 3.05. The SMILES string of the molecule is O=C(CCC(=O)c1ccc(F)cc1)OCC(=O)c1ccc[nH]1. The van der Waals surface area contributed by atoms with Crippen LogP contribution in [0.25, 0.3) is 0 Å². The van der Waals surface area contributed by atoms with Crippen LogP contribution in [0.2, 0.25) is 0 Å². The van der Waals surface area contributed by atoms with Crippen LogP contribution in [0.4, 0.5) is 4.39 Å². The highest BCUT2D eigenvalue weighted by Gasteiger charge is 2.13. The summed E-state index contributed by atoms with van der Waals surface area (Å²) in [5, 5.41) is 0. The first-order chi connectivity index (χ1) is 10.6. The molecule has 2 aromatic rings. The number of carbonyl (C=O) groups is 3. The van der Waals surface area contributed by atoms with Crippen LogP contribution in [0.5, 0.6) is 0 Å². The van der Waals surface area contributed by atoms with Crippen molar-refractivity contribution >= 4 is 17.5 Å². The first-order valence-electron chi connectivity index (χ1n) is 6.67. The number of carbonyl (C=O) groups excluding carboxylic acids is 3. The van der Waals surface area contributed by atoms with E-state index in [9.17, 15) is 18.8 Å². The Morgan fingerprint density at radius 2 is 1.73 bits per heavy atom. The van der Waals surface area contributed by atoms with Crippen molar-refractivity contribution in [3.63, 3.8) is 0 Å². The van der Waals surface area contributed by atoms with Crippen LogP contribution in [-0.2, 0) is 9.53 Å². The van der Waals surface area contributed by atoms with Crippen LogP contribution in [-0.4, -0.2) is 29.1 Å². The molecule has 1 aromatic carbocycles. The van der Waals surface area contributed by atoms with E-state index in [1.54, 1.807) is 18.3 Å². The van der Waals surface area contributed by atoms with E-state index in [1.165, 1.54) is 24.3 Å². The molecule has 0 saturated heterocycles. The molecule has 0 fully saturated rings. The molecule has 22 heavy (non-hydrogen) atoms. The molecule has 0 unspecified atom stereocenters. The number of aromatic amines is 1. The Morgan fingerprint density at radius 1 is 1.00 bits per heavy atom. The lowest BCUT2D eigenvalue weighted by atomic mass is 10.1. The minimum absolute atomic E-state index is 0.0544. The predicted molar refractivity (Wildman–Crippen MR) is 76.0 cm³/mol. The van der Waals surface area contributed by atoms with Crippen molar-refractivity contribution < 1.29 is 23.5 Å². The Labute approximate surface area is 126 Å². The van der Waals surface area contributed by atoms with E-state index >= 15 is 0 Å². The molecule has 114 valence electrons. The van der Waals surface area contributed by atoms with Gasteiger partial charge in [-0.25, -0.2) is 4.39 Å². The van der Waals surface area contributed by atoms with Crippen molar-refractivity contribution in [1.82, 2.24) is 4.98 Å². The van der Waals surface area contributed by atoms with E-state index in [-0.39, 0.29) is 31.0 Å². The summed E-state index contributed by atoms with van der Waals surface area (Å²) in [5.41, 5.74) is 0.687. The second-order valence-corrected chi connectivity index (χ2v) is 4.60. The summed E-state index contributed by atoms with van der Waals surface area (Å²) in [6.07, 6.45) is 1.41. The molecule has 0 amide bonds. The molecule has 5 nitrogen and oxygen atoms in total. The molecule has 1 heterocycles. The molecule has 1 N–H and O–H groups in total. The Hall–Kier alpha value is -2.76. The quantitative estimate of drug-likeness (QED) is 0.630. The first-order valence-corrected chi connectivity index (χ1v) is 6.67. The molecule has 6 heteroatoms. The van der Waals surface area contributed by atoms with E-state index in [4.69, 9.17) is 4.74 Å². The maximum Gasteiger partial charge on any atom is 0.306 e. The number of ether oxygens (including phenoxy) is 1. The highest BCUT2D eigenvalue weighted by Crippen LogP contribution is 2.08. The zero-order valence-corrected chi connectivity index (χ0v) is 11.7. The van der Waals surface area contributed by atoms with Crippen LogP contribution in [0, 0.1) is 5.82 Å². The lowest BCUT2D eigenvalue weighted by Crippen LogP contribution is -2.15. The fraction of sp³-hybridized carbons (Fsp3) is 0.188. The standard InChI is InChI=1S/C16H14FNO4/c17-12-5-3-11(4-6-12)14(19)7-8-16(21)22-10-15(20)13-2-1-9-18-13/h1-6,9,18H,7-8,10H2. The number of rotatable bonds is 7. The molecule has 2 rings (SSSR count). The smallest absolute Gasteiger partial charge is 0.306 e. The summed E-state index contributed by atoms with van der Waals surface area (Å²) in [5.74, 6) is -1.69. The second kappa shape index (κ2) is 7.31. The summed E-state index contributed by atoms with van der Waals surface area (Å²) in [6.45, 7) is -0.371. The fourth-order valence-corrected chi connectivity index (χ4v) is 1.80. The average molecular weight is 303 g/mol. The molecule has 0 saturated carbocycles. The zero-order chi connectivity index (χ0) is 15.9. The molecule has 0 spiro atoms. The normalized spacial score (nSPS) is 10.2. The molecule has 0 bridgehead atoms. The van der Waals surface area contributed by atoms with Crippen LogP contribution in [0.1, 0.15) is 33.7 Å². The molecule has 1 aromatic heterocycles. The van der Waals surface area contributed by atoms with Gasteiger partial charge in [0.05, 0.1) is 12.1 Å². The number of ketones is 2. The van der Waals surface area contributed by atoms with Crippen LogP contribution >= 0.6 is 0 Å². The molecular formula is C16H14FNO4.